The Labute approximate surface area is 167 Å². The van der Waals surface area contributed by atoms with Crippen LogP contribution in [0.5, 0.6) is 5.75 Å². The van der Waals surface area contributed by atoms with Gasteiger partial charge in [0.1, 0.15) is 5.75 Å². The summed E-state index contributed by atoms with van der Waals surface area (Å²) >= 11 is 5.77. The maximum absolute atomic E-state index is 12.2. The zero-order chi connectivity index (χ0) is 21.4. The van der Waals surface area contributed by atoms with Crippen molar-refractivity contribution in [3.05, 3.63) is 69.2 Å². The van der Waals surface area contributed by atoms with Gasteiger partial charge in [0.15, 0.2) is 6.61 Å². The van der Waals surface area contributed by atoms with Crippen LogP contribution in [0.25, 0.3) is 6.08 Å². The molecule has 11 heteroatoms. The molecule has 0 saturated heterocycles. The fourth-order valence-electron chi connectivity index (χ4n) is 2.06. The third kappa shape index (κ3) is 7.18. The summed E-state index contributed by atoms with van der Waals surface area (Å²) in [5, 5.41) is 12.9. The lowest BCUT2D eigenvalue weighted by molar-refractivity contribution is -0.384. The van der Waals surface area contributed by atoms with E-state index in [9.17, 15) is 28.5 Å². The molecule has 0 heterocycles. The molecule has 1 N–H and O–H groups in total. The highest BCUT2D eigenvalue weighted by Crippen LogP contribution is 2.28. The Balaban J connectivity index is 1.85. The van der Waals surface area contributed by atoms with Gasteiger partial charge in [0, 0.05) is 23.9 Å². The summed E-state index contributed by atoms with van der Waals surface area (Å²) in [5.74, 6) is -1.79. The van der Waals surface area contributed by atoms with Crippen LogP contribution in [0.15, 0.2) is 48.5 Å². The first-order chi connectivity index (χ1) is 13.7. The number of anilines is 1. The molecule has 2 aromatic rings. The Morgan fingerprint density at radius 2 is 2.00 bits per heavy atom. The van der Waals surface area contributed by atoms with Gasteiger partial charge < -0.3 is 14.8 Å². The first-order valence-electron chi connectivity index (χ1n) is 7.88. The van der Waals surface area contributed by atoms with Crippen LogP contribution in [0.2, 0.25) is 5.02 Å². The van der Waals surface area contributed by atoms with Crippen molar-refractivity contribution in [1.82, 2.24) is 0 Å². The second kappa shape index (κ2) is 10.1. The molecule has 29 heavy (non-hydrogen) atoms. The van der Waals surface area contributed by atoms with Crippen LogP contribution in [0.3, 0.4) is 0 Å². The van der Waals surface area contributed by atoms with Gasteiger partial charge in [-0.05, 0) is 29.8 Å². The summed E-state index contributed by atoms with van der Waals surface area (Å²) in [5.41, 5.74) is 0.453. The molecule has 0 spiro atoms. The van der Waals surface area contributed by atoms with E-state index in [1.54, 1.807) is 6.07 Å². The number of esters is 1. The Hall–Kier alpha value is -3.53. The molecule has 0 radical (unpaired) electrons. The molecule has 0 aromatic heterocycles. The third-order valence-electron chi connectivity index (χ3n) is 3.27. The molecule has 2 rings (SSSR count). The van der Waals surface area contributed by atoms with Crippen molar-refractivity contribution in [3.8, 4) is 5.75 Å². The average Bonchev–Trinajstić information content (AvgIpc) is 2.67. The minimum absolute atomic E-state index is 0.136. The summed E-state index contributed by atoms with van der Waals surface area (Å²) in [7, 11) is 0. The van der Waals surface area contributed by atoms with Crippen molar-refractivity contribution >= 4 is 40.9 Å². The minimum atomic E-state index is -3.04. The predicted octanol–water partition coefficient (Wildman–Crippen LogP) is 4.04. The monoisotopic (exact) mass is 426 g/mol. The largest absolute Gasteiger partial charge is 0.452 e. The number of ether oxygens (including phenoxy) is 2. The van der Waals surface area contributed by atoms with E-state index in [0.717, 1.165) is 12.1 Å². The van der Waals surface area contributed by atoms with Crippen molar-refractivity contribution in [2.24, 2.45) is 0 Å². The van der Waals surface area contributed by atoms with Gasteiger partial charge in [-0.25, -0.2) is 4.79 Å². The molecule has 0 saturated carbocycles. The van der Waals surface area contributed by atoms with Crippen molar-refractivity contribution in [2.75, 3.05) is 11.9 Å². The van der Waals surface area contributed by atoms with E-state index < -0.39 is 30.0 Å². The molecule has 0 aliphatic heterocycles. The molecule has 8 nitrogen and oxygen atoms in total. The SMILES string of the molecule is O=C(COC(=O)/C=C/c1cccc([N+](=O)[O-])c1)Nc1ccc(OC(F)F)c(Cl)c1. The number of amides is 1. The molecule has 2 aromatic carbocycles. The van der Waals surface area contributed by atoms with E-state index in [-0.39, 0.29) is 22.1 Å². The zero-order valence-corrected chi connectivity index (χ0v) is 15.3. The number of alkyl halides is 2. The second-order valence-corrected chi connectivity index (χ2v) is 5.77. The topological polar surface area (TPSA) is 108 Å². The standard InChI is InChI=1S/C18H13ClF2N2O6/c19-14-9-12(5-6-15(14)29-18(20)21)22-16(24)10-28-17(25)7-4-11-2-1-3-13(8-11)23(26)27/h1-9,18H,10H2,(H,22,24)/b7-4+. The highest BCUT2D eigenvalue weighted by Gasteiger charge is 2.11. The van der Waals surface area contributed by atoms with Crippen LogP contribution in [0, 0.1) is 10.1 Å². The van der Waals surface area contributed by atoms with Crippen molar-refractivity contribution < 1.29 is 32.8 Å². The lowest BCUT2D eigenvalue weighted by Gasteiger charge is -2.09. The van der Waals surface area contributed by atoms with Gasteiger partial charge in [-0.15, -0.1) is 0 Å². The molecule has 0 unspecified atom stereocenters. The molecule has 0 aliphatic rings. The summed E-state index contributed by atoms with van der Waals surface area (Å²) < 4.78 is 33.3. The number of hydrogen-bond donors (Lipinski definition) is 1. The fraction of sp³-hybridized carbons (Fsp3) is 0.111. The Morgan fingerprint density at radius 1 is 1.24 bits per heavy atom. The number of non-ortho nitro benzene ring substituents is 1. The molecule has 0 bridgehead atoms. The van der Waals surface area contributed by atoms with Gasteiger partial charge in [0.2, 0.25) is 0 Å². The summed E-state index contributed by atoms with van der Waals surface area (Å²) in [6.45, 7) is -3.66. The number of hydrogen-bond acceptors (Lipinski definition) is 6. The Bertz CT molecular complexity index is 952. The second-order valence-electron chi connectivity index (χ2n) is 5.37. The maximum atomic E-state index is 12.2. The van der Waals surface area contributed by atoms with Crippen molar-refractivity contribution in [1.29, 1.82) is 0 Å². The number of nitrogens with zero attached hydrogens (tertiary/aromatic N) is 1. The minimum Gasteiger partial charge on any atom is -0.452 e. The zero-order valence-electron chi connectivity index (χ0n) is 14.5. The lowest BCUT2D eigenvalue weighted by atomic mass is 10.2. The van der Waals surface area contributed by atoms with Gasteiger partial charge in [-0.2, -0.15) is 8.78 Å². The first kappa shape index (κ1) is 21.8. The number of nitro benzene ring substituents is 1. The first-order valence-corrected chi connectivity index (χ1v) is 8.26. The van der Waals surface area contributed by atoms with E-state index >= 15 is 0 Å². The Kier molecular flexibility index (Phi) is 7.61. The van der Waals surface area contributed by atoms with E-state index in [1.165, 1.54) is 36.4 Å². The lowest BCUT2D eigenvalue weighted by Crippen LogP contribution is -2.20. The predicted molar refractivity (Wildman–Crippen MR) is 99.8 cm³/mol. The molecule has 0 fully saturated rings. The highest BCUT2D eigenvalue weighted by atomic mass is 35.5. The molecule has 0 atom stereocenters. The summed E-state index contributed by atoms with van der Waals surface area (Å²) in [4.78, 5) is 33.6. The van der Waals surface area contributed by atoms with E-state index in [4.69, 9.17) is 16.3 Å². The van der Waals surface area contributed by atoms with Gasteiger partial charge in [0.25, 0.3) is 11.6 Å². The maximum Gasteiger partial charge on any atom is 0.387 e. The van der Waals surface area contributed by atoms with Crippen LogP contribution in [0.4, 0.5) is 20.2 Å². The molecule has 0 aliphatic carbocycles. The summed E-state index contributed by atoms with van der Waals surface area (Å²) in [6.07, 6.45) is 2.31. The molecule has 1 amide bonds. The molecular formula is C18H13ClF2N2O6. The number of halogens is 3. The van der Waals surface area contributed by atoms with E-state index in [1.807, 2.05) is 0 Å². The molecule has 152 valence electrons. The van der Waals surface area contributed by atoms with Crippen molar-refractivity contribution in [2.45, 2.75) is 6.61 Å². The van der Waals surface area contributed by atoms with Crippen LogP contribution in [-0.4, -0.2) is 30.0 Å². The van der Waals surface area contributed by atoms with Gasteiger partial charge in [-0.3, -0.25) is 14.9 Å². The molecular weight excluding hydrogens is 414 g/mol. The fourth-order valence-corrected chi connectivity index (χ4v) is 2.28. The van der Waals surface area contributed by atoms with Crippen LogP contribution >= 0.6 is 11.6 Å². The highest BCUT2D eigenvalue weighted by molar-refractivity contribution is 6.32. The van der Waals surface area contributed by atoms with Gasteiger partial charge in [0.05, 0.1) is 9.95 Å². The normalized spacial score (nSPS) is 10.8. The summed E-state index contributed by atoms with van der Waals surface area (Å²) in [6, 6.07) is 9.21. The number of rotatable bonds is 8. The number of carbonyl (C=O) groups is 2. The van der Waals surface area contributed by atoms with Crippen molar-refractivity contribution in [3.63, 3.8) is 0 Å². The van der Waals surface area contributed by atoms with Crippen LogP contribution in [0.1, 0.15) is 5.56 Å². The van der Waals surface area contributed by atoms with Gasteiger partial charge >= 0.3 is 12.6 Å². The number of carbonyl (C=O) groups excluding carboxylic acids is 2. The van der Waals surface area contributed by atoms with Crippen LogP contribution in [-0.2, 0) is 14.3 Å². The third-order valence-corrected chi connectivity index (χ3v) is 3.57. The number of nitrogens with one attached hydrogen (secondary N) is 1. The number of nitro groups is 1. The van der Waals surface area contributed by atoms with E-state index in [0.29, 0.717) is 5.56 Å². The quantitative estimate of drug-likeness (QED) is 0.295. The van der Waals surface area contributed by atoms with Gasteiger partial charge in [-0.1, -0.05) is 23.7 Å². The average molecular weight is 427 g/mol. The van der Waals surface area contributed by atoms with E-state index in [2.05, 4.69) is 10.1 Å². The number of benzene rings is 2. The smallest absolute Gasteiger partial charge is 0.387 e. The van der Waals surface area contributed by atoms with Crippen LogP contribution < -0.4 is 10.1 Å². The Morgan fingerprint density at radius 3 is 2.66 bits per heavy atom.